The van der Waals surface area contributed by atoms with Crippen LogP contribution >= 0.6 is 0 Å². The largest absolute Gasteiger partial charge is 0.480 e. The Morgan fingerprint density at radius 1 is 1.35 bits per heavy atom. The zero-order chi connectivity index (χ0) is 16.4. The van der Waals surface area contributed by atoms with Gasteiger partial charge in [-0.15, -0.1) is 0 Å². The molecule has 0 saturated carbocycles. The number of hydrogen-bond donors (Lipinski definition) is 2. The Hall–Kier alpha value is -2.57. The first kappa shape index (κ1) is 15.3. The molecular formula is C16H19N3O4. The molecule has 2 heterocycles. The molecule has 0 bridgehead atoms. The van der Waals surface area contributed by atoms with Gasteiger partial charge in [0.2, 0.25) is 5.91 Å². The standard InChI is InChI=1S/C16H19N3O4/c1-10(15(21)22)17-14(20)11-6-8-19(9-7-11)16-18-12-4-2-3-5-13(12)23-16/h2-5,10-11H,6-9H2,1H3,(H,17,20)(H,21,22)/t10-/m0/s1. The van der Waals surface area contributed by atoms with Crippen LogP contribution in [0, 0.1) is 5.92 Å². The Balaban J connectivity index is 1.59. The second-order valence-electron chi connectivity index (χ2n) is 5.79. The minimum Gasteiger partial charge on any atom is -0.480 e. The molecule has 1 aromatic carbocycles. The maximum absolute atomic E-state index is 12.1. The van der Waals surface area contributed by atoms with Gasteiger partial charge in [-0.2, -0.15) is 4.98 Å². The van der Waals surface area contributed by atoms with Gasteiger partial charge in [0.15, 0.2) is 5.58 Å². The maximum atomic E-state index is 12.1. The van der Waals surface area contributed by atoms with Gasteiger partial charge in [-0.05, 0) is 31.9 Å². The molecule has 1 amide bonds. The van der Waals surface area contributed by atoms with Crippen LogP contribution in [-0.4, -0.2) is 41.1 Å². The van der Waals surface area contributed by atoms with Gasteiger partial charge >= 0.3 is 5.97 Å². The van der Waals surface area contributed by atoms with E-state index in [9.17, 15) is 9.59 Å². The second kappa shape index (κ2) is 6.28. The van der Waals surface area contributed by atoms with Crippen LogP contribution in [0.2, 0.25) is 0 Å². The van der Waals surface area contributed by atoms with E-state index in [-0.39, 0.29) is 11.8 Å². The molecule has 0 spiro atoms. The molecule has 7 nitrogen and oxygen atoms in total. The average molecular weight is 317 g/mol. The Morgan fingerprint density at radius 3 is 2.70 bits per heavy atom. The number of piperidine rings is 1. The van der Waals surface area contributed by atoms with Crippen LogP contribution in [0.1, 0.15) is 19.8 Å². The lowest BCUT2D eigenvalue weighted by atomic mass is 9.96. The number of carboxylic acid groups (broad SMARTS) is 1. The van der Waals surface area contributed by atoms with Crippen molar-refractivity contribution in [2.24, 2.45) is 5.92 Å². The highest BCUT2D eigenvalue weighted by atomic mass is 16.4. The summed E-state index contributed by atoms with van der Waals surface area (Å²) in [6.07, 6.45) is 1.30. The summed E-state index contributed by atoms with van der Waals surface area (Å²) in [5, 5.41) is 11.4. The first-order valence-electron chi connectivity index (χ1n) is 7.68. The monoisotopic (exact) mass is 317 g/mol. The molecule has 23 heavy (non-hydrogen) atoms. The number of benzene rings is 1. The highest BCUT2D eigenvalue weighted by Crippen LogP contribution is 2.26. The fourth-order valence-electron chi connectivity index (χ4n) is 2.72. The Bertz CT molecular complexity index is 686. The van der Waals surface area contributed by atoms with Gasteiger partial charge in [0.05, 0.1) is 0 Å². The number of nitrogens with zero attached hydrogens (tertiary/aromatic N) is 2. The van der Waals surface area contributed by atoms with Gasteiger partial charge in [0, 0.05) is 19.0 Å². The predicted octanol–water partition coefficient (Wildman–Crippen LogP) is 1.63. The number of anilines is 1. The number of rotatable bonds is 4. The molecule has 1 aromatic heterocycles. The second-order valence-corrected chi connectivity index (χ2v) is 5.79. The van der Waals surface area contributed by atoms with Gasteiger partial charge in [-0.3, -0.25) is 9.59 Å². The van der Waals surface area contributed by atoms with Gasteiger partial charge in [0.25, 0.3) is 6.01 Å². The summed E-state index contributed by atoms with van der Waals surface area (Å²) in [4.78, 5) is 29.3. The van der Waals surface area contributed by atoms with E-state index in [2.05, 4.69) is 10.3 Å². The third-order valence-electron chi connectivity index (χ3n) is 4.15. The summed E-state index contributed by atoms with van der Waals surface area (Å²) in [5.74, 6) is -1.39. The molecule has 2 aromatic rings. The van der Waals surface area contributed by atoms with Crippen LogP contribution in [0.4, 0.5) is 6.01 Å². The first-order valence-corrected chi connectivity index (χ1v) is 7.68. The predicted molar refractivity (Wildman–Crippen MR) is 84.2 cm³/mol. The lowest BCUT2D eigenvalue weighted by molar-refractivity contribution is -0.142. The number of para-hydroxylation sites is 2. The van der Waals surface area contributed by atoms with Crippen LogP contribution in [-0.2, 0) is 9.59 Å². The molecule has 3 rings (SSSR count). The minimum absolute atomic E-state index is 0.169. The van der Waals surface area contributed by atoms with Crippen LogP contribution in [0.5, 0.6) is 0 Å². The smallest absolute Gasteiger partial charge is 0.325 e. The summed E-state index contributed by atoms with van der Waals surface area (Å²) < 4.78 is 5.74. The molecule has 1 saturated heterocycles. The highest BCUT2D eigenvalue weighted by Gasteiger charge is 2.28. The lowest BCUT2D eigenvalue weighted by Crippen LogP contribution is -2.45. The van der Waals surface area contributed by atoms with Crippen molar-refractivity contribution in [2.45, 2.75) is 25.8 Å². The molecule has 1 atom stereocenters. The third kappa shape index (κ3) is 3.28. The van der Waals surface area contributed by atoms with Gasteiger partial charge < -0.3 is 19.7 Å². The van der Waals surface area contributed by atoms with Gasteiger partial charge in [0.1, 0.15) is 11.6 Å². The van der Waals surface area contributed by atoms with Crippen LogP contribution in [0.15, 0.2) is 28.7 Å². The Morgan fingerprint density at radius 2 is 2.04 bits per heavy atom. The minimum atomic E-state index is -1.03. The van der Waals surface area contributed by atoms with E-state index in [4.69, 9.17) is 9.52 Å². The quantitative estimate of drug-likeness (QED) is 0.890. The van der Waals surface area contributed by atoms with E-state index in [1.165, 1.54) is 6.92 Å². The van der Waals surface area contributed by atoms with E-state index in [0.717, 1.165) is 11.1 Å². The van der Waals surface area contributed by atoms with E-state index < -0.39 is 12.0 Å². The normalized spacial score (nSPS) is 17.2. The van der Waals surface area contributed by atoms with Crippen molar-refractivity contribution in [3.63, 3.8) is 0 Å². The Labute approximate surface area is 133 Å². The molecule has 0 radical (unpaired) electrons. The molecule has 2 N–H and O–H groups in total. The zero-order valence-corrected chi connectivity index (χ0v) is 12.9. The van der Waals surface area contributed by atoms with E-state index in [0.29, 0.717) is 31.9 Å². The molecular weight excluding hydrogens is 298 g/mol. The SMILES string of the molecule is C[C@H](NC(=O)C1CCN(c2nc3ccccc3o2)CC1)C(=O)O. The molecule has 0 aliphatic carbocycles. The fraction of sp³-hybridized carbons (Fsp3) is 0.438. The van der Waals surface area contributed by atoms with Crippen molar-refractivity contribution in [2.75, 3.05) is 18.0 Å². The number of fused-ring (bicyclic) bond motifs is 1. The number of aliphatic carboxylic acids is 1. The van der Waals surface area contributed by atoms with Crippen molar-refractivity contribution in [1.29, 1.82) is 0 Å². The number of amides is 1. The molecule has 122 valence electrons. The van der Waals surface area contributed by atoms with E-state index in [1.54, 1.807) is 0 Å². The number of nitrogens with one attached hydrogen (secondary N) is 1. The summed E-state index contributed by atoms with van der Waals surface area (Å²) >= 11 is 0. The fourth-order valence-corrected chi connectivity index (χ4v) is 2.72. The molecule has 1 fully saturated rings. The lowest BCUT2D eigenvalue weighted by Gasteiger charge is -2.30. The summed E-state index contributed by atoms with van der Waals surface area (Å²) in [5.41, 5.74) is 1.57. The third-order valence-corrected chi connectivity index (χ3v) is 4.15. The van der Waals surface area contributed by atoms with Crippen LogP contribution in [0.25, 0.3) is 11.1 Å². The van der Waals surface area contributed by atoms with E-state index in [1.807, 2.05) is 29.2 Å². The van der Waals surface area contributed by atoms with Crippen molar-refractivity contribution in [1.82, 2.24) is 10.3 Å². The van der Waals surface area contributed by atoms with Crippen molar-refractivity contribution >= 4 is 29.0 Å². The number of carbonyl (C=O) groups excluding carboxylic acids is 1. The number of carbonyl (C=O) groups is 2. The van der Waals surface area contributed by atoms with Crippen molar-refractivity contribution < 1.29 is 19.1 Å². The molecule has 1 aliphatic rings. The molecule has 7 heteroatoms. The zero-order valence-electron chi connectivity index (χ0n) is 12.9. The number of carboxylic acids is 1. The first-order chi connectivity index (χ1) is 11.0. The van der Waals surface area contributed by atoms with Gasteiger partial charge in [-0.1, -0.05) is 12.1 Å². The van der Waals surface area contributed by atoms with Gasteiger partial charge in [-0.25, -0.2) is 0 Å². The van der Waals surface area contributed by atoms with Crippen LogP contribution in [0.3, 0.4) is 0 Å². The summed E-state index contributed by atoms with van der Waals surface area (Å²) in [6, 6.07) is 7.29. The summed E-state index contributed by atoms with van der Waals surface area (Å²) in [7, 11) is 0. The average Bonchev–Trinajstić information content (AvgIpc) is 2.98. The topological polar surface area (TPSA) is 95.7 Å². The van der Waals surface area contributed by atoms with Crippen molar-refractivity contribution in [3.8, 4) is 0 Å². The number of hydrogen-bond acceptors (Lipinski definition) is 5. The van der Waals surface area contributed by atoms with Crippen molar-refractivity contribution in [3.05, 3.63) is 24.3 Å². The molecule has 0 unspecified atom stereocenters. The van der Waals surface area contributed by atoms with Crippen LogP contribution < -0.4 is 10.2 Å². The molecule has 1 aliphatic heterocycles. The summed E-state index contributed by atoms with van der Waals surface area (Å²) in [6.45, 7) is 2.78. The number of aromatic nitrogens is 1. The van der Waals surface area contributed by atoms with E-state index >= 15 is 0 Å². The maximum Gasteiger partial charge on any atom is 0.325 e. The Kier molecular flexibility index (Phi) is 4.18. The highest BCUT2D eigenvalue weighted by molar-refractivity contribution is 5.84. The number of oxazole rings is 1.